The Bertz CT molecular complexity index is 277. The zero-order valence-corrected chi connectivity index (χ0v) is 8.90. The Balaban J connectivity index is 4.85. The molecule has 0 N–H and O–H groups in total. The third-order valence-corrected chi connectivity index (χ3v) is 1.49. The van der Waals surface area contributed by atoms with Crippen molar-refractivity contribution in [1.29, 1.82) is 0 Å². The van der Waals surface area contributed by atoms with Gasteiger partial charge in [-0.15, -0.1) is 0 Å². The van der Waals surface area contributed by atoms with Crippen molar-refractivity contribution in [2.24, 2.45) is 10.9 Å². The summed E-state index contributed by atoms with van der Waals surface area (Å²) in [5, 5.41) is 0. The highest BCUT2D eigenvalue weighted by Crippen LogP contribution is 1.99. The molecule has 0 fully saturated rings. The van der Waals surface area contributed by atoms with E-state index in [1.807, 2.05) is 0 Å². The zero-order valence-electron chi connectivity index (χ0n) is 8.90. The molecule has 0 atom stereocenters. The normalized spacial score (nSPS) is 12.2. The molecule has 0 radical (unpaired) electrons. The highest BCUT2D eigenvalue weighted by atomic mass is 16.5. The molecular weight excluding hydrogens is 182 g/mol. The van der Waals surface area contributed by atoms with Gasteiger partial charge in [-0.3, -0.25) is 4.79 Å². The molecule has 0 saturated carbocycles. The number of ketones is 1. The zero-order chi connectivity index (χ0) is 11.1. The molecule has 4 nitrogen and oxygen atoms in total. The Morgan fingerprint density at radius 1 is 1.36 bits per heavy atom. The maximum Gasteiger partial charge on any atom is 0.433 e. The lowest BCUT2D eigenvalue weighted by Gasteiger charge is -2.02. The molecule has 0 aromatic rings. The summed E-state index contributed by atoms with van der Waals surface area (Å²) in [4.78, 5) is 25.8. The van der Waals surface area contributed by atoms with Gasteiger partial charge in [0.05, 0.1) is 7.11 Å². The second-order valence-corrected chi connectivity index (χ2v) is 2.99. The van der Waals surface area contributed by atoms with E-state index in [2.05, 4.69) is 9.73 Å². The molecule has 1 amide bonds. The third kappa shape index (κ3) is 3.98. The van der Waals surface area contributed by atoms with Crippen molar-refractivity contribution in [1.82, 2.24) is 0 Å². The molecule has 78 valence electrons. The molecule has 0 spiro atoms. The predicted molar refractivity (Wildman–Crippen MR) is 54.5 cm³/mol. The third-order valence-electron chi connectivity index (χ3n) is 1.49. The quantitative estimate of drug-likeness (QED) is 0.650. The Morgan fingerprint density at radius 3 is 2.29 bits per heavy atom. The standard InChI is InChI=1S/C10H15NO3/c1-5-6-8(9(12)7(2)3)11-10(13)14-4/h5-7H,1-4H3/b6-5+,11-8?. The number of hydrogen-bond donors (Lipinski definition) is 0. The van der Waals surface area contributed by atoms with E-state index < -0.39 is 6.09 Å². The van der Waals surface area contributed by atoms with Gasteiger partial charge in [0.15, 0.2) is 5.78 Å². The molecule has 0 saturated heterocycles. The average molecular weight is 197 g/mol. The van der Waals surface area contributed by atoms with Crippen LogP contribution in [0.25, 0.3) is 0 Å². The first-order valence-electron chi connectivity index (χ1n) is 4.36. The monoisotopic (exact) mass is 197 g/mol. The number of carbonyl (C=O) groups is 2. The van der Waals surface area contributed by atoms with Gasteiger partial charge in [0.1, 0.15) is 5.71 Å². The van der Waals surface area contributed by atoms with Gasteiger partial charge in [0, 0.05) is 5.92 Å². The fraction of sp³-hybridized carbons (Fsp3) is 0.500. The summed E-state index contributed by atoms with van der Waals surface area (Å²) >= 11 is 0. The Morgan fingerprint density at radius 2 is 1.93 bits per heavy atom. The van der Waals surface area contributed by atoms with Crippen LogP contribution in [0.2, 0.25) is 0 Å². The number of amides is 1. The van der Waals surface area contributed by atoms with Gasteiger partial charge in [0.25, 0.3) is 0 Å². The van der Waals surface area contributed by atoms with Crippen LogP contribution < -0.4 is 0 Å². The number of methoxy groups -OCH3 is 1. The maximum absolute atomic E-state index is 11.5. The number of nitrogens with zero attached hydrogens (tertiary/aromatic N) is 1. The van der Waals surface area contributed by atoms with E-state index in [1.165, 1.54) is 13.2 Å². The van der Waals surface area contributed by atoms with Crippen LogP contribution in [0, 0.1) is 5.92 Å². The van der Waals surface area contributed by atoms with E-state index in [9.17, 15) is 9.59 Å². The lowest BCUT2D eigenvalue weighted by atomic mass is 10.0. The van der Waals surface area contributed by atoms with Gasteiger partial charge in [-0.25, -0.2) is 4.79 Å². The number of hydrogen-bond acceptors (Lipinski definition) is 3. The Labute approximate surface area is 83.7 Å². The van der Waals surface area contributed by atoms with Crippen LogP contribution in [0.3, 0.4) is 0 Å². The van der Waals surface area contributed by atoms with Crippen molar-refractivity contribution in [3.8, 4) is 0 Å². The number of rotatable bonds is 3. The molecule has 0 aliphatic rings. The summed E-state index contributed by atoms with van der Waals surface area (Å²) in [6.07, 6.45) is 2.40. The molecule has 4 heteroatoms. The second kappa shape index (κ2) is 6.07. The summed E-state index contributed by atoms with van der Waals surface area (Å²) in [5.74, 6) is -0.358. The summed E-state index contributed by atoms with van der Waals surface area (Å²) in [6, 6.07) is 0. The van der Waals surface area contributed by atoms with Crippen LogP contribution in [0.1, 0.15) is 20.8 Å². The van der Waals surface area contributed by atoms with Crippen molar-refractivity contribution in [2.45, 2.75) is 20.8 Å². The lowest BCUT2D eigenvalue weighted by Crippen LogP contribution is -2.19. The fourth-order valence-electron chi connectivity index (χ4n) is 0.772. The fourth-order valence-corrected chi connectivity index (χ4v) is 0.772. The minimum atomic E-state index is -0.757. The minimum absolute atomic E-state index is 0.134. The predicted octanol–water partition coefficient (Wildman–Crippen LogP) is 1.99. The van der Waals surface area contributed by atoms with E-state index in [0.29, 0.717) is 0 Å². The van der Waals surface area contributed by atoms with E-state index >= 15 is 0 Å². The molecule has 0 aromatic heterocycles. The molecule has 0 unspecified atom stereocenters. The number of ether oxygens (including phenoxy) is 1. The number of allylic oxidation sites excluding steroid dienone is 2. The summed E-state index contributed by atoms with van der Waals surface area (Å²) in [6.45, 7) is 5.25. The largest absolute Gasteiger partial charge is 0.451 e. The molecule has 0 aliphatic carbocycles. The van der Waals surface area contributed by atoms with Gasteiger partial charge < -0.3 is 4.74 Å². The Hall–Kier alpha value is -1.45. The van der Waals surface area contributed by atoms with E-state index in [4.69, 9.17) is 0 Å². The molecule has 0 bridgehead atoms. The first kappa shape index (κ1) is 12.6. The van der Waals surface area contributed by atoms with Gasteiger partial charge in [-0.05, 0) is 13.0 Å². The number of carbonyl (C=O) groups excluding carboxylic acids is 2. The van der Waals surface area contributed by atoms with Gasteiger partial charge >= 0.3 is 6.09 Å². The number of aliphatic imine (C=N–C) groups is 1. The van der Waals surface area contributed by atoms with Gasteiger partial charge in [-0.1, -0.05) is 19.9 Å². The van der Waals surface area contributed by atoms with Crippen molar-refractivity contribution in [3.63, 3.8) is 0 Å². The van der Waals surface area contributed by atoms with Crippen LogP contribution in [0.4, 0.5) is 4.79 Å². The van der Waals surface area contributed by atoms with Crippen LogP contribution >= 0.6 is 0 Å². The van der Waals surface area contributed by atoms with E-state index in [-0.39, 0.29) is 17.4 Å². The van der Waals surface area contributed by atoms with Crippen molar-refractivity contribution < 1.29 is 14.3 Å². The highest BCUT2D eigenvalue weighted by molar-refractivity contribution is 6.45. The lowest BCUT2D eigenvalue weighted by molar-refractivity contribution is -0.115. The molecule has 14 heavy (non-hydrogen) atoms. The van der Waals surface area contributed by atoms with Gasteiger partial charge in [0.2, 0.25) is 0 Å². The van der Waals surface area contributed by atoms with Crippen molar-refractivity contribution >= 4 is 17.6 Å². The van der Waals surface area contributed by atoms with E-state index in [0.717, 1.165) is 0 Å². The summed E-state index contributed by atoms with van der Waals surface area (Å²) in [5.41, 5.74) is 0.134. The first-order valence-corrected chi connectivity index (χ1v) is 4.36. The molecule has 0 heterocycles. The number of Topliss-reactive ketones (excluding diaryl/α,β-unsaturated/α-hetero) is 1. The van der Waals surface area contributed by atoms with Crippen molar-refractivity contribution in [2.75, 3.05) is 7.11 Å². The topological polar surface area (TPSA) is 55.7 Å². The average Bonchev–Trinajstić information content (AvgIpc) is 2.15. The minimum Gasteiger partial charge on any atom is -0.451 e. The Kier molecular flexibility index (Phi) is 5.44. The summed E-state index contributed by atoms with van der Waals surface area (Å²) in [7, 11) is 1.22. The van der Waals surface area contributed by atoms with Gasteiger partial charge in [-0.2, -0.15) is 4.99 Å². The molecule has 0 aromatic carbocycles. The highest BCUT2D eigenvalue weighted by Gasteiger charge is 2.14. The molecule has 0 rings (SSSR count). The molecule has 0 aliphatic heterocycles. The summed E-state index contributed by atoms with van der Waals surface area (Å²) < 4.78 is 4.34. The SMILES string of the molecule is C/C=C/C(=NC(=O)OC)C(=O)C(C)C. The first-order chi connectivity index (χ1) is 6.52. The second-order valence-electron chi connectivity index (χ2n) is 2.99. The van der Waals surface area contributed by atoms with E-state index in [1.54, 1.807) is 26.8 Å². The van der Waals surface area contributed by atoms with Crippen molar-refractivity contribution in [3.05, 3.63) is 12.2 Å². The van der Waals surface area contributed by atoms with Crippen LogP contribution in [-0.4, -0.2) is 24.7 Å². The van der Waals surface area contributed by atoms with Crippen LogP contribution in [0.5, 0.6) is 0 Å². The van der Waals surface area contributed by atoms with Crippen LogP contribution in [-0.2, 0) is 9.53 Å². The smallest absolute Gasteiger partial charge is 0.433 e. The van der Waals surface area contributed by atoms with Crippen LogP contribution in [0.15, 0.2) is 17.1 Å². The molecular formula is C10H15NO3. The maximum atomic E-state index is 11.5.